The molecule has 0 radical (unpaired) electrons. The number of carbonyl (C=O) groups is 1. The number of nitrogens with two attached hydrogens (primary N) is 1. The fraction of sp³-hybridized carbons (Fsp3) is 0.917. The lowest BCUT2D eigenvalue weighted by molar-refractivity contribution is -0.156. The molecule has 1 atom stereocenters. The third-order valence-electron chi connectivity index (χ3n) is 3.64. The van der Waals surface area contributed by atoms with Crippen molar-refractivity contribution in [3.8, 4) is 0 Å². The van der Waals surface area contributed by atoms with Crippen LogP contribution in [-0.2, 0) is 9.53 Å². The van der Waals surface area contributed by atoms with E-state index in [1.807, 2.05) is 32.6 Å². The van der Waals surface area contributed by atoms with E-state index in [9.17, 15) is 4.79 Å². The summed E-state index contributed by atoms with van der Waals surface area (Å²) >= 11 is 0. The van der Waals surface area contributed by atoms with E-state index in [1.54, 1.807) is 0 Å². The number of amides is 1. The average Bonchev–Trinajstić information content (AvgIpc) is 2.26. The van der Waals surface area contributed by atoms with Crippen molar-refractivity contribution in [2.24, 2.45) is 11.1 Å². The third-order valence-corrected chi connectivity index (χ3v) is 3.64. The fourth-order valence-electron chi connectivity index (χ4n) is 1.94. The maximum Gasteiger partial charge on any atom is 0.230 e. The second-order valence-electron chi connectivity index (χ2n) is 5.44. The van der Waals surface area contributed by atoms with Crippen molar-refractivity contribution in [3.05, 3.63) is 0 Å². The molecule has 0 bridgehead atoms. The molecule has 1 rings (SSSR count). The average molecular weight is 228 g/mol. The highest BCUT2D eigenvalue weighted by atomic mass is 16.5. The molecule has 0 aromatic carbocycles. The van der Waals surface area contributed by atoms with Gasteiger partial charge in [-0.3, -0.25) is 4.79 Å². The van der Waals surface area contributed by atoms with E-state index in [0.717, 1.165) is 6.42 Å². The van der Waals surface area contributed by atoms with Crippen LogP contribution in [0.1, 0.15) is 34.1 Å². The molecular weight excluding hydrogens is 204 g/mol. The predicted octanol–water partition coefficient (Wildman–Crippen LogP) is 0.999. The first-order valence-corrected chi connectivity index (χ1v) is 5.97. The van der Waals surface area contributed by atoms with Crippen molar-refractivity contribution in [2.45, 2.75) is 39.7 Å². The minimum atomic E-state index is -0.436. The Kier molecular flexibility index (Phi) is 3.97. The molecule has 0 spiro atoms. The molecular formula is C12H24N2O2. The van der Waals surface area contributed by atoms with Crippen LogP contribution >= 0.6 is 0 Å². The van der Waals surface area contributed by atoms with E-state index in [2.05, 4.69) is 0 Å². The molecule has 0 aromatic rings. The zero-order valence-corrected chi connectivity index (χ0v) is 10.9. The van der Waals surface area contributed by atoms with Gasteiger partial charge in [0.25, 0.3) is 0 Å². The van der Waals surface area contributed by atoms with Gasteiger partial charge in [-0.15, -0.1) is 0 Å². The normalized spacial score (nSPS) is 23.9. The van der Waals surface area contributed by atoms with Gasteiger partial charge in [0.15, 0.2) is 0 Å². The molecule has 1 amide bonds. The maximum atomic E-state index is 12.5. The van der Waals surface area contributed by atoms with Gasteiger partial charge in [0, 0.05) is 13.1 Å². The molecule has 4 nitrogen and oxygen atoms in total. The molecule has 94 valence electrons. The largest absolute Gasteiger partial charge is 0.377 e. The quantitative estimate of drug-likeness (QED) is 0.784. The number of carbonyl (C=O) groups excluding carboxylic acids is 1. The first kappa shape index (κ1) is 13.5. The van der Waals surface area contributed by atoms with Crippen LogP contribution in [0.4, 0.5) is 0 Å². The Balaban J connectivity index is 2.87. The summed E-state index contributed by atoms with van der Waals surface area (Å²) in [6.45, 7) is 10.3. The van der Waals surface area contributed by atoms with E-state index in [0.29, 0.717) is 26.3 Å². The summed E-state index contributed by atoms with van der Waals surface area (Å²) in [6.07, 6.45) is 0.774. The number of morpholine rings is 1. The Morgan fingerprint density at radius 2 is 2.19 bits per heavy atom. The Hall–Kier alpha value is -0.610. The SMILES string of the molecule is CCC(C)(CN)C(=O)N1CCOCC1(C)C. The van der Waals surface area contributed by atoms with Crippen LogP contribution in [0.15, 0.2) is 0 Å². The van der Waals surface area contributed by atoms with Crippen LogP contribution in [0.2, 0.25) is 0 Å². The first-order chi connectivity index (χ1) is 7.37. The standard InChI is InChI=1S/C12H24N2O2/c1-5-12(4,8-13)10(15)14-6-7-16-9-11(14,2)3/h5-9,13H2,1-4H3. The lowest BCUT2D eigenvalue weighted by atomic mass is 9.84. The van der Waals surface area contributed by atoms with Gasteiger partial charge < -0.3 is 15.4 Å². The summed E-state index contributed by atoms with van der Waals surface area (Å²) in [7, 11) is 0. The van der Waals surface area contributed by atoms with Crippen LogP contribution in [0.5, 0.6) is 0 Å². The third kappa shape index (κ3) is 2.38. The molecule has 1 heterocycles. The van der Waals surface area contributed by atoms with Gasteiger partial charge in [0.05, 0.1) is 24.2 Å². The summed E-state index contributed by atoms with van der Waals surface area (Å²) < 4.78 is 5.42. The number of nitrogens with zero attached hydrogens (tertiary/aromatic N) is 1. The van der Waals surface area contributed by atoms with Gasteiger partial charge >= 0.3 is 0 Å². The molecule has 1 unspecified atom stereocenters. The lowest BCUT2D eigenvalue weighted by Gasteiger charge is -2.45. The topological polar surface area (TPSA) is 55.6 Å². The van der Waals surface area contributed by atoms with Crippen LogP contribution in [0.3, 0.4) is 0 Å². The Morgan fingerprint density at radius 1 is 1.56 bits per heavy atom. The molecule has 0 saturated carbocycles. The zero-order chi connectivity index (χ0) is 12.4. The fourth-order valence-corrected chi connectivity index (χ4v) is 1.94. The van der Waals surface area contributed by atoms with Crippen LogP contribution < -0.4 is 5.73 Å². The van der Waals surface area contributed by atoms with Gasteiger partial charge in [-0.1, -0.05) is 6.92 Å². The minimum absolute atomic E-state index is 0.158. The summed E-state index contributed by atoms with van der Waals surface area (Å²) in [5.41, 5.74) is 5.08. The molecule has 0 aliphatic carbocycles. The van der Waals surface area contributed by atoms with Crippen LogP contribution in [-0.4, -0.2) is 42.6 Å². The van der Waals surface area contributed by atoms with Crippen molar-refractivity contribution < 1.29 is 9.53 Å². The maximum absolute atomic E-state index is 12.5. The Bertz CT molecular complexity index is 260. The van der Waals surface area contributed by atoms with Crippen molar-refractivity contribution in [3.63, 3.8) is 0 Å². The number of hydrogen-bond acceptors (Lipinski definition) is 3. The highest BCUT2D eigenvalue weighted by Gasteiger charge is 2.41. The molecule has 4 heteroatoms. The highest BCUT2D eigenvalue weighted by molar-refractivity contribution is 5.83. The monoisotopic (exact) mass is 228 g/mol. The van der Waals surface area contributed by atoms with E-state index < -0.39 is 5.41 Å². The number of hydrogen-bond donors (Lipinski definition) is 1. The van der Waals surface area contributed by atoms with Gasteiger partial charge in [-0.05, 0) is 27.2 Å². The van der Waals surface area contributed by atoms with E-state index in [4.69, 9.17) is 10.5 Å². The van der Waals surface area contributed by atoms with Crippen LogP contribution in [0.25, 0.3) is 0 Å². The van der Waals surface area contributed by atoms with E-state index >= 15 is 0 Å². The molecule has 1 aliphatic heterocycles. The molecule has 1 aliphatic rings. The van der Waals surface area contributed by atoms with Crippen LogP contribution in [0, 0.1) is 5.41 Å². The second-order valence-corrected chi connectivity index (χ2v) is 5.44. The van der Waals surface area contributed by atoms with Gasteiger partial charge in [-0.2, -0.15) is 0 Å². The lowest BCUT2D eigenvalue weighted by Crippen LogP contribution is -2.60. The zero-order valence-electron chi connectivity index (χ0n) is 10.9. The Morgan fingerprint density at radius 3 is 2.62 bits per heavy atom. The predicted molar refractivity (Wildman–Crippen MR) is 64.1 cm³/mol. The minimum Gasteiger partial charge on any atom is -0.377 e. The van der Waals surface area contributed by atoms with Crippen molar-refractivity contribution in [1.82, 2.24) is 4.90 Å². The molecule has 2 N–H and O–H groups in total. The Labute approximate surface area is 98.1 Å². The molecule has 1 saturated heterocycles. The second kappa shape index (κ2) is 4.72. The molecule has 1 fully saturated rings. The highest BCUT2D eigenvalue weighted by Crippen LogP contribution is 2.28. The summed E-state index contributed by atoms with van der Waals surface area (Å²) in [5, 5.41) is 0. The summed E-state index contributed by atoms with van der Waals surface area (Å²) in [6, 6.07) is 0. The number of rotatable bonds is 3. The molecule has 16 heavy (non-hydrogen) atoms. The number of ether oxygens (including phenoxy) is 1. The van der Waals surface area contributed by atoms with Gasteiger partial charge in [0.1, 0.15) is 0 Å². The smallest absolute Gasteiger partial charge is 0.230 e. The van der Waals surface area contributed by atoms with Crippen molar-refractivity contribution >= 4 is 5.91 Å². The van der Waals surface area contributed by atoms with Gasteiger partial charge in [0.2, 0.25) is 5.91 Å². The van der Waals surface area contributed by atoms with Crippen molar-refractivity contribution in [1.29, 1.82) is 0 Å². The van der Waals surface area contributed by atoms with Gasteiger partial charge in [-0.25, -0.2) is 0 Å². The summed E-state index contributed by atoms with van der Waals surface area (Å²) in [4.78, 5) is 14.4. The first-order valence-electron chi connectivity index (χ1n) is 5.97. The van der Waals surface area contributed by atoms with E-state index in [1.165, 1.54) is 0 Å². The molecule has 0 aromatic heterocycles. The van der Waals surface area contributed by atoms with E-state index in [-0.39, 0.29) is 11.4 Å². The summed E-state index contributed by atoms with van der Waals surface area (Å²) in [5.74, 6) is 0.158. The van der Waals surface area contributed by atoms with Crippen molar-refractivity contribution in [2.75, 3.05) is 26.3 Å².